The molecule has 0 saturated carbocycles. The van der Waals surface area contributed by atoms with Crippen LogP contribution >= 0.6 is 0 Å². The summed E-state index contributed by atoms with van der Waals surface area (Å²) in [5, 5.41) is 19.4. The molecule has 0 fully saturated rings. The van der Waals surface area contributed by atoms with Gasteiger partial charge in [0, 0.05) is 0 Å². The van der Waals surface area contributed by atoms with Crippen LogP contribution in [0.15, 0.2) is 11.6 Å². The summed E-state index contributed by atoms with van der Waals surface area (Å²) in [6.45, 7) is 29.6. The van der Waals surface area contributed by atoms with E-state index in [0.717, 1.165) is 6.92 Å². The molecule has 0 amide bonds. The van der Waals surface area contributed by atoms with Crippen LogP contribution in [-0.4, -0.2) is 73.3 Å². The third kappa shape index (κ3) is 13.4. The summed E-state index contributed by atoms with van der Waals surface area (Å²) >= 11 is 0. The molecule has 0 aromatic heterocycles. The number of nitrogens with zero attached hydrogens (tertiary/aromatic N) is 2. The monoisotopic (exact) mass is 388 g/mol. The summed E-state index contributed by atoms with van der Waals surface area (Å²) in [5.74, 6) is -3.03. The van der Waals surface area contributed by atoms with E-state index >= 15 is 0 Å². The SMILES string of the molecule is C/C(=C\C(=O)[O-])C(=O)[O-].CC[N+](CC)(CC)CC.CC[N+](CC)(CC)CC. The second-order valence-corrected chi connectivity index (χ2v) is 6.65. The van der Waals surface area contributed by atoms with Gasteiger partial charge >= 0.3 is 0 Å². The lowest BCUT2D eigenvalue weighted by molar-refractivity contribution is -0.921. The van der Waals surface area contributed by atoms with Crippen LogP contribution < -0.4 is 10.2 Å². The fourth-order valence-corrected chi connectivity index (χ4v) is 2.92. The van der Waals surface area contributed by atoms with Crippen molar-refractivity contribution >= 4 is 11.9 Å². The second kappa shape index (κ2) is 16.8. The first kappa shape index (κ1) is 30.3. The van der Waals surface area contributed by atoms with Crippen LogP contribution in [0.5, 0.6) is 0 Å². The van der Waals surface area contributed by atoms with Crippen LogP contribution in [0.2, 0.25) is 0 Å². The Kier molecular flexibility index (Phi) is 18.8. The van der Waals surface area contributed by atoms with E-state index in [9.17, 15) is 19.8 Å². The molecule has 0 aromatic carbocycles. The molecule has 0 N–H and O–H groups in total. The minimum absolute atomic E-state index is 0.352. The molecular weight excluding hydrogens is 344 g/mol. The molecule has 27 heavy (non-hydrogen) atoms. The van der Waals surface area contributed by atoms with Gasteiger partial charge in [0.05, 0.1) is 64.3 Å². The molecule has 6 nitrogen and oxygen atoms in total. The molecule has 0 atom stereocenters. The number of quaternary nitrogens is 2. The van der Waals surface area contributed by atoms with Crippen molar-refractivity contribution in [1.82, 2.24) is 0 Å². The molecule has 0 aliphatic rings. The summed E-state index contributed by atoms with van der Waals surface area (Å²) in [6, 6.07) is 0. The first-order valence-corrected chi connectivity index (χ1v) is 10.3. The van der Waals surface area contributed by atoms with E-state index in [1.54, 1.807) is 0 Å². The maximum atomic E-state index is 9.76. The van der Waals surface area contributed by atoms with Gasteiger partial charge in [-0.1, -0.05) is 0 Å². The predicted octanol–water partition coefficient (Wildman–Crippen LogP) is 1.20. The first-order chi connectivity index (χ1) is 12.5. The third-order valence-electron chi connectivity index (χ3n) is 6.02. The van der Waals surface area contributed by atoms with Gasteiger partial charge in [-0.25, -0.2) is 0 Å². The van der Waals surface area contributed by atoms with Crippen molar-refractivity contribution in [2.45, 2.75) is 62.3 Å². The number of carbonyl (C=O) groups is 2. The third-order valence-corrected chi connectivity index (χ3v) is 6.02. The van der Waals surface area contributed by atoms with Gasteiger partial charge in [0.2, 0.25) is 0 Å². The summed E-state index contributed by atoms with van der Waals surface area (Å²) in [6.07, 6.45) is 0.468. The lowest BCUT2D eigenvalue weighted by atomic mass is 10.3. The predicted molar refractivity (Wildman–Crippen MR) is 109 cm³/mol. The molecule has 0 bridgehead atoms. The van der Waals surface area contributed by atoms with Crippen molar-refractivity contribution in [3.63, 3.8) is 0 Å². The van der Waals surface area contributed by atoms with Crippen molar-refractivity contribution < 1.29 is 28.8 Å². The Hall–Kier alpha value is -1.40. The molecule has 6 heteroatoms. The Morgan fingerprint density at radius 3 is 0.889 bits per heavy atom. The maximum Gasteiger partial charge on any atom is 0.0757 e. The van der Waals surface area contributed by atoms with E-state index in [2.05, 4.69) is 55.4 Å². The van der Waals surface area contributed by atoms with Gasteiger partial charge in [-0.3, -0.25) is 0 Å². The molecule has 0 radical (unpaired) electrons. The molecular formula is C21H44N2O4. The number of aliphatic carboxylic acids is 2. The van der Waals surface area contributed by atoms with Gasteiger partial charge < -0.3 is 28.8 Å². The van der Waals surface area contributed by atoms with Crippen molar-refractivity contribution in [2.75, 3.05) is 52.4 Å². The average molecular weight is 389 g/mol. The Bertz CT molecular complexity index is 371. The van der Waals surface area contributed by atoms with Gasteiger partial charge in [0.15, 0.2) is 0 Å². The van der Waals surface area contributed by atoms with E-state index in [1.165, 1.54) is 61.3 Å². The Morgan fingerprint density at radius 2 is 0.852 bits per heavy atom. The Labute approximate surface area is 167 Å². The van der Waals surface area contributed by atoms with E-state index in [1.807, 2.05) is 0 Å². The highest BCUT2D eigenvalue weighted by molar-refractivity contribution is 5.92. The summed E-state index contributed by atoms with van der Waals surface area (Å²) in [4.78, 5) is 19.4. The van der Waals surface area contributed by atoms with Gasteiger partial charge in [-0.05, 0) is 74.0 Å². The van der Waals surface area contributed by atoms with Crippen molar-refractivity contribution in [3.8, 4) is 0 Å². The lowest BCUT2D eigenvalue weighted by Crippen LogP contribution is -2.47. The van der Waals surface area contributed by atoms with E-state index in [0.29, 0.717) is 6.08 Å². The quantitative estimate of drug-likeness (QED) is 0.416. The minimum Gasteiger partial charge on any atom is -0.545 e. The van der Waals surface area contributed by atoms with E-state index in [-0.39, 0.29) is 5.57 Å². The van der Waals surface area contributed by atoms with Crippen molar-refractivity contribution in [2.24, 2.45) is 0 Å². The second-order valence-electron chi connectivity index (χ2n) is 6.65. The largest absolute Gasteiger partial charge is 0.545 e. The highest BCUT2D eigenvalue weighted by Crippen LogP contribution is 2.04. The zero-order valence-electron chi connectivity index (χ0n) is 19.3. The minimum atomic E-state index is -1.53. The molecule has 0 spiro atoms. The fraction of sp³-hybridized carbons (Fsp3) is 0.810. The zero-order chi connectivity index (χ0) is 22.1. The smallest absolute Gasteiger partial charge is 0.0757 e. The van der Waals surface area contributed by atoms with Crippen LogP contribution in [0.25, 0.3) is 0 Å². The number of hydrogen-bond acceptors (Lipinski definition) is 4. The molecule has 0 aromatic rings. The highest BCUT2D eigenvalue weighted by Gasteiger charge is 2.16. The highest BCUT2D eigenvalue weighted by atomic mass is 16.4. The fourth-order valence-electron chi connectivity index (χ4n) is 2.92. The van der Waals surface area contributed by atoms with Crippen molar-refractivity contribution in [1.29, 1.82) is 0 Å². The number of rotatable bonds is 10. The van der Waals surface area contributed by atoms with E-state index in [4.69, 9.17) is 0 Å². The van der Waals surface area contributed by atoms with Crippen molar-refractivity contribution in [3.05, 3.63) is 11.6 Å². The topological polar surface area (TPSA) is 80.3 Å². The summed E-state index contributed by atoms with van der Waals surface area (Å²) in [7, 11) is 0. The Balaban J connectivity index is -0.000000320. The molecule has 162 valence electrons. The average Bonchev–Trinajstić information content (AvgIpc) is 2.67. The molecule has 0 saturated heterocycles. The zero-order valence-corrected chi connectivity index (χ0v) is 19.3. The number of hydrogen-bond donors (Lipinski definition) is 0. The molecule has 0 unspecified atom stereocenters. The first-order valence-electron chi connectivity index (χ1n) is 10.3. The molecule has 0 aliphatic heterocycles. The Morgan fingerprint density at radius 1 is 0.630 bits per heavy atom. The van der Waals surface area contributed by atoms with Crippen LogP contribution in [0.4, 0.5) is 0 Å². The normalized spacial score (nSPS) is 11.7. The summed E-state index contributed by atoms with van der Waals surface area (Å²) in [5.41, 5.74) is -0.352. The van der Waals surface area contributed by atoms with Crippen LogP contribution in [-0.2, 0) is 9.59 Å². The van der Waals surface area contributed by atoms with Crippen LogP contribution in [0.3, 0.4) is 0 Å². The number of carboxylic acid groups (broad SMARTS) is 2. The van der Waals surface area contributed by atoms with E-state index < -0.39 is 11.9 Å². The molecule has 0 heterocycles. The molecule has 0 aliphatic carbocycles. The lowest BCUT2D eigenvalue weighted by Gasteiger charge is -2.34. The standard InChI is InChI=1S/2C8H20N.C5H6O4/c2*1-5-9(6-2,7-3)8-4;1-3(5(8)9)2-4(6)7/h2*5-8H2,1-4H3;2H,1H3,(H,6,7)(H,8,9)/q2*+1;/p-2/b;;3-2+. The molecule has 0 rings (SSSR count). The van der Waals surface area contributed by atoms with Crippen LogP contribution in [0.1, 0.15) is 62.3 Å². The maximum absolute atomic E-state index is 9.76. The van der Waals surface area contributed by atoms with Gasteiger partial charge in [0.1, 0.15) is 0 Å². The van der Waals surface area contributed by atoms with Gasteiger partial charge in [-0.2, -0.15) is 0 Å². The van der Waals surface area contributed by atoms with Gasteiger partial charge in [0.25, 0.3) is 0 Å². The number of carboxylic acids is 2. The van der Waals surface area contributed by atoms with Crippen LogP contribution in [0, 0.1) is 0 Å². The van der Waals surface area contributed by atoms with Gasteiger partial charge in [-0.15, -0.1) is 0 Å². The summed E-state index contributed by atoms with van der Waals surface area (Å²) < 4.78 is 2.56. The number of carbonyl (C=O) groups excluding carboxylic acids is 2.